The molecule has 0 bridgehead atoms. The SMILES string of the molecule is CC(=O)N[C@@H](C)C(=O)N[C@@H](Cc1ccccc1)C(=O)C(C)Cl. The lowest BCUT2D eigenvalue weighted by Gasteiger charge is -2.21. The fraction of sp³-hybridized carbons (Fsp3) is 0.438. The summed E-state index contributed by atoms with van der Waals surface area (Å²) >= 11 is 5.87. The number of amides is 2. The van der Waals surface area contributed by atoms with E-state index in [1.165, 1.54) is 6.92 Å². The number of halogens is 1. The van der Waals surface area contributed by atoms with Gasteiger partial charge in [-0.15, -0.1) is 11.6 Å². The first-order chi connectivity index (χ1) is 10.3. The monoisotopic (exact) mass is 324 g/mol. The normalized spacial score (nSPS) is 14.5. The smallest absolute Gasteiger partial charge is 0.242 e. The lowest BCUT2D eigenvalue weighted by molar-refractivity contribution is -0.130. The van der Waals surface area contributed by atoms with Crippen molar-refractivity contribution in [2.24, 2.45) is 0 Å². The van der Waals surface area contributed by atoms with Crippen LogP contribution in [0.4, 0.5) is 0 Å². The van der Waals surface area contributed by atoms with E-state index in [-0.39, 0.29) is 11.7 Å². The fourth-order valence-electron chi connectivity index (χ4n) is 2.02. The summed E-state index contributed by atoms with van der Waals surface area (Å²) in [5.74, 6) is -0.977. The van der Waals surface area contributed by atoms with Crippen molar-refractivity contribution in [2.75, 3.05) is 0 Å². The molecule has 120 valence electrons. The first kappa shape index (κ1) is 18.2. The average Bonchev–Trinajstić information content (AvgIpc) is 2.45. The maximum atomic E-state index is 12.2. The highest BCUT2D eigenvalue weighted by atomic mass is 35.5. The Hall–Kier alpha value is -1.88. The molecule has 1 aromatic carbocycles. The Kier molecular flexibility index (Phi) is 7.05. The third kappa shape index (κ3) is 5.85. The molecule has 1 rings (SSSR count). The van der Waals surface area contributed by atoms with Crippen molar-refractivity contribution < 1.29 is 14.4 Å². The quantitative estimate of drug-likeness (QED) is 0.745. The molecule has 1 unspecified atom stereocenters. The number of ketones is 1. The zero-order valence-electron chi connectivity index (χ0n) is 12.9. The summed E-state index contributed by atoms with van der Waals surface area (Å²) < 4.78 is 0. The van der Waals surface area contributed by atoms with Crippen molar-refractivity contribution in [3.05, 3.63) is 35.9 Å². The number of nitrogens with one attached hydrogen (secondary N) is 2. The van der Waals surface area contributed by atoms with Gasteiger partial charge >= 0.3 is 0 Å². The molecular weight excluding hydrogens is 304 g/mol. The molecule has 2 N–H and O–H groups in total. The first-order valence-electron chi connectivity index (χ1n) is 7.10. The van der Waals surface area contributed by atoms with Crippen LogP contribution in [0.25, 0.3) is 0 Å². The van der Waals surface area contributed by atoms with Gasteiger partial charge in [-0.2, -0.15) is 0 Å². The molecule has 0 aliphatic carbocycles. The largest absolute Gasteiger partial charge is 0.345 e. The Labute approximate surface area is 135 Å². The summed E-state index contributed by atoms with van der Waals surface area (Å²) in [4.78, 5) is 35.3. The highest BCUT2D eigenvalue weighted by molar-refractivity contribution is 6.31. The second-order valence-electron chi connectivity index (χ2n) is 5.19. The minimum absolute atomic E-state index is 0.256. The molecule has 3 atom stereocenters. The lowest BCUT2D eigenvalue weighted by Crippen LogP contribution is -2.51. The van der Waals surface area contributed by atoms with Crippen LogP contribution in [0.2, 0.25) is 0 Å². The Balaban J connectivity index is 2.80. The van der Waals surface area contributed by atoms with Crippen LogP contribution in [0.1, 0.15) is 26.3 Å². The van der Waals surface area contributed by atoms with E-state index in [0.29, 0.717) is 6.42 Å². The van der Waals surface area contributed by atoms with Crippen LogP contribution in [0, 0.1) is 0 Å². The molecule has 22 heavy (non-hydrogen) atoms. The number of hydrogen-bond acceptors (Lipinski definition) is 3. The van der Waals surface area contributed by atoms with Crippen molar-refractivity contribution in [1.82, 2.24) is 10.6 Å². The van der Waals surface area contributed by atoms with E-state index in [9.17, 15) is 14.4 Å². The standard InChI is InChI=1S/C16H21ClN2O3/c1-10(17)15(21)14(9-13-7-5-4-6-8-13)19-16(22)11(2)18-12(3)20/h4-8,10-11,14H,9H2,1-3H3,(H,18,20)(H,19,22)/t10?,11-,14-/m0/s1. The summed E-state index contributed by atoms with van der Waals surface area (Å²) in [7, 11) is 0. The minimum Gasteiger partial charge on any atom is -0.345 e. The van der Waals surface area contributed by atoms with Gasteiger partial charge in [0.25, 0.3) is 0 Å². The van der Waals surface area contributed by atoms with Crippen LogP contribution >= 0.6 is 11.6 Å². The topological polar surface area (TPSA) is 75.3 Å². The summed E-state index contributed by atoms with van der Waals surface area (Å²) in [6.07, 6.45) is 0.356. The van der Waals surface area contributed by atoms with Gasteiger partial charge in [-0.3, -0.25) is 14.4 Å². The number of hydrogen-bond donors (Lipinski definition) is 2. The highest BCUT2D eigenvalue weighted by Gasteiger charge is 2.26. The van der Waals surface area contributed by atoms with Gasteiger partial charge in [0, 0.05) is 6.92 Å². The predicted molar refractivity (Wildman–Crippen MR) is 85.7 cm³/mol. The number of alkyl halides is 1. The number of rotatable bonds is 7. The van der Waals surface area contributed by atoms with Gasteiger partial charge in [0.15, 0.2) is 5.78 Å². The number of carbonyl (C=O) groups excluding carboxylic acids is 3. The Morgan fingerprint density at radius 3 is 2.18 bits per heavy atom. The number of Topliss-reactive ketones (excluding diaryl/α,β-unsaturated/α-hetero) is 1. The molecule has 0 aromatic heterocycles. The van der Waals surface area contributed by atoms with Crippen LogP contribution in [-0.4, -0.2) is 35.1 Å². The van der Waals surface area contributed by atoms with Crippen molar-refractivity contribution >= 4 is 29.2 Å². The number of carbonyl (C=O) groups is 3. The van der Waals surface area contributed by atoms with Crippen molar-refractivity contribution in [3.63, 3.8) is 0 Å². The fourth-order valence-corrected chi connectivity index (χ4v) is 2.17. The van der Waals surface area contributed by atoms with E-state index in [2.05, 4.69) is 10.6 Å². The van der Waals surface area contributed by atoms with Gasteiger partial charge in [0.2, 0.25) is 11.8 Å². The van der Waals surface area contributed by atoms with Crippen molar-refractivity contribution in [1.29, 1.82) is 0 Å². The first-order valence-corrected chi connectivity index (χ1v) is 7.54. The van der Waals surface area contributed by atoms with Gasteiger partial charge in [0.05, 0.1) is 11.4 Å². The second-order valence-corrected chi connectivity index (χ2v) is 5.85. The van der Waals surface area contributed by atoms with Gasteiger partial charge in [-0.1, -0.05) is 30.3 Å². The molecule has 0 heterocycles. The molecule has 0 saturated heterocycles. The van der Waals surface area contributed by atoms with E-state index >= 15 is 0 Å². The predicted octanol–water partition coefficient (Wildman–Crippen LogP) is 1.43. The molecule has 6 heteroatoms. The van der Waals surface area contributed by atoms with Crippen molar-refractivity contribution in [2.45, 2.75) is 44.7 Å². The summed E-state index contributed by atoms with van der Waals surface area (Å²) in [6, 6.07) is 7.92. The van der Waals surface area contributed by atoms with Crippen LogP contribution < -0.4 is 10.6 Å². The molecule has 0 saturated carbocycles. The molecule has 0 radical (unpaired) electrons. The zero-order chi connectivity index (χ0) is 16.7. The molecular formula is C16H21ClN2O3. The number of benzene rings is 1. The minimum atomic E-state index is -0.724. The molecule has 0 aliphatic rings. The third-order valence-corrected chi connectivity index (χ3v) is 3.36. The Bertz CT molecular complexity index is 531. The van der Waals surface area contributed by atoms with Crippen LogP contribution in [0.5, 0.6) is 0 Å². The summed E-state index contributed by atoms with van der Waals surface area (Å²) in [5.41, 5.74) is 0.922. The van der Waals surface area contributed by atoms with Crippen molar-refractivity contribution in [3.8, 4) is 0 Å². The maximum absolute atomic E-state index is 12.2. The zero-order valence-corrected chi connectivity index (χ0v) is 13.7. The van der Waals surface area contributed by atoms with E-state index < -0.39 is 23.4 Å². The second kappa shape index (κ2) is 8.54. The van der Waals surface area contributed by atoms with Crippen LogP contribution in [0.15, 0.2) is 30.3 Å². The molecule has 1 aromatic rings. The Morgan fingerprint density at radius 1 is 1.09 bits per heavy atom. The molecule has 5 nitrogen and oxygen atoms in total. The van der Waals surface area contributed by atoms with E-state index in [1.54, 1.807) is 13.8 Å². The molecule has 0 spiro atoms. The van der Waals surface area contributed by atoms with Gasteiger partial charge in [-0.05, 0) is 25.8 Å². The lowest BCUT2D eigenvalue weighted by atomic mass is 10.0. The average molecular weight is 325 g/mol. The summed E-state index contributed by atoms with van der Waals surface area (Å²) in [5, 5.41) is 4.45. The molecule has 0 fully saturated rings. The van der Waals surface area contributed by atoms with E-state index in [4.69, 9.17) is 11.6 Å². The van der Waals surface area contributed by atoms with E-state index in [1.807, 2.05) is 30.3 Å². The maximum Gasteiger partial charge on any atom is 0.242 e. The van der Waals surface area contributed by atoms with E-state index in [0.717, 1.165) is 5.56 Å². The molecule has 0 aliphatic heterocycles. The van der Waals surface area contributed by atoms with Gasteiger partial charge < -0.3 is 10.6 Å². The third-order valence-electron chi connectivity index (χ3n) is 3.15. The van der Waals surface area contributed by atoms with Crippen LogP contribution in [-0.2, 0) is 20.8 Å². The molecule has 2 amide bonds. The Morgan fingerprint density at radius 2 is 1.68 bits per heavy atom. The van der Waals surface area contributed by atoms with Gasteiger partial charge in [-0.25, -0.2) is 0 Å². The van der Waals surface area contributed by atoms with Crippen LogP contribution in [0.3, 0.4) is 0 Å². The highest BCUT2D eigenvalue weighted by Crippen LogP contribution is 2.08. The summed E-state index contributed by atoms with van der Waals surface area (Å²) in [6.45, 7) is 4.47. The van der Waals surface area contributed by atoms with Gasteiger partial charge in [0.1, 0.15) is 6.04 Å².